The fourth-order valence-electron chi connectivity index (χ4n) is 4.68. The Morgan fingerprint density at radius 3 is 2.78 bits per heavy atom. The van der Waals surface area contributed by atoms with Crippen LogP contribution in [0.25, 0.3) is 27.9 Å². The number of amides is 1. The number of para-hydroxylation sites is 1. The molecule has 2 aromatic carbocycles. The van der Waals surface area contributed by atoms with Gasteiger partial charge in [-0.25, -0.2) is 0 Å². The molecule has 37 heavy (non-hydrogen) atoms. The molecule has 0 radical (unpaired) electrons. The maximum Gasteiger partial charge on any atom is 0.247 e. The quantitative estimate of drug-likeness (QED) is 0.344. The number of rotatable bonds is 6. The van der Waals surface area contributed by atoms with Gasteiger partial charge in [-0.1, -0.05) is 24.8 Å². The number of fused-ring (bicyclic) bond motifs is 2. The maximum absolute atomic E-state index is 12.2. The topological polar surface area (TPSA) is 102 Å². The van der Waals surface area contributed by atoms with Crippen molar-refractivity contribution >= 4 is 45.5 Å². The van der Waals surface area contributed by atoms with E-state index < -0.39 is 0 Å². The van der Waals surface area contributed by atoms with Gasteiger partial charge < -0.3 is 24.8 Å². The SMILES string of the molecule is C=CC(=O)Nc1cc(Nc2nc(-c3cn(C)c4ccccc34)n3nccc3n2)ccc1N1CCOCC1. The molecule has 1 aliphatic heterocycles. The Morgan fingerprint density at radius 1 is 1.11 bits per heavy atom. The highest BCUT2D eigenvalue weighted by atomic mass is 16.5. The number of carbonyl (C=O) groups excluding carboxylic acids is 1. The van der Waals surface area contributed by atoms with E-state index in [0.717, 1.165) is 40.9 Å². The van der Waals surface area contributed by atoms with E-state index in [1.807, 2.05) is 43.4 Å². The number of ether oxygens (including phenoxy) is 1. The van der Waals surface area contributed by atoms with Crippen molar-refractivity contribution in [2.45, 2.75) is 0 Å². The number of aryl methyl sites for hydroxylation is 1. The summed E-state index contributed by atoms with van der Waals surface area (Å²) in [6.45, 7) is 6.37. The summed E-state index contributed by atoms with van der Waals surface area (Å²) in [6, 6.07) is 15.9. The minimum absolute atomic E-state index is 0.276. The zero-order valence-electron chi connectivity index (χ0n) is 20.4. The van der Waals surface area contributed by atoms with E-state index in [1.165, 1.54) is 6.08 Å². The van der Waals surface area contributed by atoms with E-state index in [0.29, 0.717) is 36.3 Å². The second-order valence-corrected chi connectivity index (χ2v) is 8.79. The lowest BCUT2D eigenvalue weighted by Crippen LogP contribution is -2.36. The Bertz CT molecular complexity index is 1630. The molecule has 1 amide bonds. The van der Waals surface area contributed by atoms with Gasteiger partial charge in [0.25, 0.3) is 0 Å². The van der Waals surface area contributed by atoms with Gasteiger partial charge in [0.2, 0.25) is 11.9 Å². The molecule has 0 bridgehead atoms. The number of aromatic nitrogens is 5. The van der Waals surface area contributed by atoms with Crippen LogP contribution in [0.2, 0.25) is 0 Å². The monoisotopic (exact) mass is 494 g/mol. The highest BCUT2D eigenvalue weighted by Gasteiger charge is 2.18. The summed E-state index contributed by atoms with van der Waals surface area (Å²) >= 11 is 0. The van der Waals surface area contributed by atoms with Crippen molar-refractivity contribution in [2.24, 2.45) is 7.05 Å². The number of hydrogen-bond donors (Lipinski definition) is 2. The maximum atomic E-state index is 12.2. The molecule has 1 saturated heterocycles. The first-order valence-electron chi connectivity index (χ1n) is 12.0. The van der Waals surface area contributed by atoms with E-state index in [2.05, 4.69) is 55.1 Å². The predicted molar refractivity (Wildman–Crippen MR) is 144 cm³/mol. The molecule has 4 heterocycles. The zero-order valence-corrected chi connectivity index (χ0v) is 20.4. The van der Waals surface area contributed by atoms with Gasteiger partial charge in [-0.15, -0.1) is 0 Å². The molecule has 2 N–H and O–H groups in total. The molecule has 0 aliphatic carbocycles. The molecule has 10 heteroatoms. The van der Waals surface area contributed by atoms with Crippen LogP contribution in [0.15, 0.2) is 73.6 Å². The van der Waals surface area contributed by atoms with E-state index >= 15 is 0 Å². The molecular formula is C27H26N8O2. The molecule has 3 aromatic heterocycles. The van der Waals surface area contributed by atoms with Gasteiger partial charge >= 0.3 is 0 Å². The second-order valence-electron chi connectivity index (χ2n) is 8.79. The summed E-state index contributed by atoms with van der Waals surface area (Å²) in [6.07, 6.45) is 5.02. The molecular weight excluding hydrogens is 468 g/mol. The predicted octanol–water partition coefficient (Wildman–Crippen LogP) is 3.99. The average Bonchev–Trinajstić information content (AvgIpc) is 3.53. The van der Waals surface area contributed by atoms with Gasteiger partial charge in [-0.3, -0.25) is 4.79 Å². The molecule has 10 nitrogen and oxygen atoms in total. The van der Waals surface area contributed by atoms with Crippen LogP contribution in [0.5, 0.6) is 0 Å². The normalized spacial score (nSPS) is 13.7. The average molecular weight is 495 g/mol. The van der Waals surface area contributed by atoms with Crippen molar-refractivity contribution in [1.29, 1.82) is 0 Å². The van der Waals surface area contributed by atoms with Crippen LogP contribution in [0.3, 0.4) is 0 Å². The Labute approximate surface area is 213 Å². The minimum atomic E-state index is -0.276. The zero-order chi connectivity index (χ0) is 25.4. The van der Waals surface area contributed by atoms with Crippen molar-refractivity contribution < 1.29 is 9.53 Å². The molecule has 0 atom stereocenters. The molecule has 6 rings (SSSR count). The first-order chi connectivity index (χ1) is 18.1. The van der Waals surface area contributed by atoms with Gasteiger partial charge in [-0.05, 0) is 30.3 Å². The third kappa shape index (κ3) is 4.27. The van der Waals surface area contributed by atoms with E-state index in [-0.39, 0.29) is 5.91 Å². The molecule has 1 fully saturated rings. The molecule has 1 aliphatic rings. The Balaban J connectivity index is 1.40. The first-order valence-corrected chi connectivity index (χ1v) is 12.0. The lowest BCUT2D eigenvalue weighted by Gasteiger charge is -2.30. The molecule has 0 unspecified atom stereocenters. The Kier molecular flexibility index (Phi) is 5.78. The van der Waals surface area contributed by atoms with Crippen molar-refractivity contribution in [3.63, 3.8) is 0 Å². The fraction of sp³-hybridized carbons (Fsp3) is 0.185. The number of benzene rings is 2. The van der Waals surface area contributed by atoms with Crippen LogP contribution >= 0.6 is 0 Å². The smallest absolute Gasteiger partial charge is 0.247 e. The third-order valence-electron chi connectivity index (χ3n) is 6.44. The summed E-state index contributed by atoms with van der Waals surface area (Å²) < 4.78 is 9.31. The molecule has 5 aromatic rings. The summed E-state index contributed by atoms with van der Waals surface area (Å²) in [5, 5.41) is 11.8. The summed E-state index contributed by atoms with van der Waals surface area (Å²) in [4.78, 5) is 23.9. The summed E-state index contributed by atoms with van der Waals surface area (Å²) in [5.74, 6) is 0.831. The largest absolute Gasteiger partial charge is 0.378 e. The van der Waals surface area contributed by atoms with Crippen LogP contribution in [-0.2, 0) is 16.6 Å². The van der Waals surface area contributed by atoms with Crippen molar-refractivity contribution in [3.8, 4) is 11.4 Å². The fourth-order valence-corrected chi connectivity index (χ4v) is 4.68. The van der Waals surface area contributed by atoms with Gasteiger partial charge in [0.1, 0.15) is 0 Å². The lowest BCUT2D eigenvalue weighted by molar-refractivity contribution is -0.111. The van der Waals surface area contributed by atoms with Crippen LogP contribution in [-0.4, -0.2) is 56.4 Å². The van der Waals surface area contributed by atoms with Crippen LogP contribution < -0.4 is 15.5 Å². The van der Waals surface area contributed by atoms with Crippen molar-refractivity contribution in [1.82, 2.24) is 24.1 Å². The van der Waals surface area contributed by atoms with Gasteiger partial charge in [0.15, 0.2) is 11.5 Å². The number of hydrogen-bond acceptors (Lipinski definition) is 7. The third-order valence-corrected chi connectivity index (χ3v) is 6.44. The van der Waals surface area contributed by atoms with E-state index in [4.69, 9.17) is 9.72 Å². The van der Waals surface area contributed by atoms with Crippen molar-refractivity contribution in [2.75, 3.05) is 41.8 Å². The van der Waals surface area contributed by atoms with Gasteiger partial charge in [0.05, 0.1) is 30.8 Å². The number of nitrogens with zero attached hydrogens (tertiary/aromatic N) is 6. The number of carbonyl (C=O) groups is 1. The lowest BCUT2D eigenvalue weighted by atomic mass is 10.1. The summed E-state index contributed by atoms with van der Waals surface area (Å²) in [5.41, 5.74) is 5.07. The Hall–Kier alpha value is -4.70. The molecule has 0 saturated carbocycles. The number of anilines is 4. The molecule has 186 valence electrons. The van der Waals surface area contributed by atoms with Crippen LogP contribution in [0.1, 0.15) is 0 Å². The van der Waals surface area contributed by atoms with E-state index in [1.54, 1.807) is 10.7 Å². The standard InChI is InChI=1S/C27H26N8O2/c1-3-25(36)30-21-16-18(8-9-23(21)34-12-14-37-15-13-34)29-27-31-24-10-11-28-35(24)26(32-27)20-17-33(2)22-7-5-4-6-19(20)22/h3-11,16-17H,1,12-15H2,2H3,(H,29,31)(H,30,36). The second kappa shape index (κ2) is 9.40. The highest BCUT2D eigenvalue weighted by molar-refractivity contribution is 6.02. The highest BCUT2D eigenvalue weighted by Crippen LogP contribution is 2.33. The number of morpholine rings is 1. The molecule has 0 spiro atoms. The van der Waals surface area contributed by atoms with Gasteiger partial charge in [0, 0.05) is 54.6 Å². The van der Waals surface area contributed by atoms with E-state index in [9.17, 15) is 4.79 Å². The Morgan fingerprint density at radius 2 is 1.95 bits per heavy atom. The first kappa shape index (κ1) is 22.7. The minimum Gasteiger partial charge on any atom is -0.378 e. The van der Waals surface area contributed by atoms with Gasteiger partial charge in [-0.2, -0.15) is 19.6 Å². The van der Waals surface area contributed by atoms with Crippen LogP contribution in [0, 0.1) is 0 Å². The number of nitrogens with one attached hydrogen (secondary N) is 2. The summed E-state index contributed by atoms with van der Waals surface area (Å²) in [7, 11) is 2.02. The van der Waals surface area contributed by atoms with Crippen LogP contribution in [0.4, 0.5) is 23.0 Å². The van der Waals surface area contributed by atoms with Crippen molar-refractivity contribution in [3.05, 3.63) is 73.6 Å².